The lowest BCUT2D eigenvalue weighted by Gasteiger charge is -2.18. The van der Waals surface area contributed by atoms with Crippen molar-refractivity contribution < 1.29 is 13.2 Å². The van der Waals surface area contributed by atoms with Crippen molar-refractivity contribution >= 4 is 27.6 Å². The first-order valence-electron chi connectivity index (χ1n) is 10.7. The molecule has 0 radical (unpaired) electrons. The van der Waals surface area contributed by atoms with Crippen molar-refractivity contribution in [2.24, 2.45) is 0 Å². The standard InChI is InChI=1S/C26H24N4O3S/c1-19-16-17-27-26(28-19)30-34(32,33)23-14-12-22(13-15-23)29-25(31)18-24(20-8-4-2-5-9-20)21-10-6-3-7-11-21/h2-17,24H,18H2,1H3,(H,29,31)(H,27,28,30). The van der Waals surface area contributed by atoms with Crippen LogP contribution in [0.4, 0.5) is 11.6 Å². The lowest BCUT2D eigenvalue weighted by Crippen LogP contribution is -2.17. The molecule has 34 heavy (non-hydrogen) atoms. The number of rotatable bonds is 8. The van der Waals surface area contributed by atoms with Crippen LogP contribution in [0.15, 0.2) is 102 Å². The van der Waals surface area contributed by atoms with E-state index in [-0.39, 0.29) is 29.1 Å². The highest BCUT2D eigenvalue weighted by Crippen LogP contribution is 2.28. The molecule has 4 rings (SSSR count). The smallest absolute Gasteiger partial charge is 0.264 e. The van der Waals surface area contributed by atoms with Gasteiger partial charge in [-0.15, -0.1) is 0 Å². The maximum atomic E-state index is 12.9. The third-order valence-electron chi connectivity index (χ3n) is 5.26. The van der Waals surface area contributed by atoms with E-state index in [0.717, 1.165) is 11.1 Å². The van der Waals surface area contributed by atoms with E-state index in [1.54, 1.807) is 25.1 Å². The second kappa shape index (κ2) is 10.3. The molecule has 0 bridgehead atoms. The van der Waals surface area contributed by atoms with Gasteiger partial charge in [0.15, 0.2) is 0 Å². The quantitative estimate of drug-likeness (QED) is 0.386. The summed E-state index contributed by atoms with van der Waals surface area (Å²) < 4.78 is 27.6. The van der Waals surface area contributed by atoms with Crippen LogP contribution in [0.2, 0.25) is 0 Å². The van der Waals surface area contributed by atoms with Crippen molar-refractivity contribution in [1.29, 1.82) is 0 Å². The second-order valence-corrected chi connectivity index (χ2v) is 9.46. The normalized spacial score (nSPS) is 11.2. The summed E-state index contributed by atoms with van der Waals surface area (Å²) in [6.07, 6.45) is 1.73. The highest BCUT2D eigenvalue weighted by Gasteiger charge is 2.19. The minimum absolute atomic E-state index is 0.00486. The number of carbonyl (C=O) groups is 1. The molecule has 1 aromatic heterocycles. The molecule has 1 heterocycles. The second-order valence-electron chi connectivity index (χ2n) is 7.78. The Kier molecular flexibility index (Phi) is 6.98. The van der Waals surface area contributed by atoms with Gasteiger partial charge < -0.3 is 5.32 Å². The van der Waals surface area contributed by atoms with Gasteiger partial charge in [-0.3, -0.25) is 4.79 Å². The molecule has 0 aliphatic rings. The topological polar surface area (TPSA) is 101 Å². The summed E-state index contributed by atoms with van der Waals surface area (Å²) in [5.74, 6) is -0.259. The van der Waals surface area contributed by atoms with Crippen molar-refractivity contribution in [2.45, 2.75) is 24.2 Å². The van der Waals surface area contributed by atoms with E-state index in [1.807, 2.05) is 60.7 Å². The number of aryl methyl sites for hydroxylation is 1. The van der Waals surface area contributed by atoms with Gasteiger partial charge in [0, 0.05) is 29.9 Å². The molecule has 3 aromatic carbocycles. The van der Waals surface area contributed by atoms with Gasteiger partial charge in [0.2, 0.25) is 11.9 Å². The van der Waals surface area contributed by atoms with Gasteiger partial charge in [-0.1, -0.05) is 60.7 Å². The summed E-state index contributed by atoms with van der Waals surface area (Å²) >= 11 is 0. The number of amides is 1. The fourth-order valence-electron chi connectivity index (χ4n) is 3.59. The number of hydrogen-bond acceptors (Lipinski definition) is 5. The van der Waals surface area contributed by atoms with Crippen LogP contribution in [-0.2, 0) is 14.8 Å². The lowest BCUT2D eigenvalue weighted by molar-refractivity contribution is -0.116. The first kappa shape index (κ1) is 23.1. The number of nitrogens with zero attached hydrogens (tertiary/aromatic N) is 2. The van der Waals surface area contributed by atoms with Crippen molar-refractivity contribution in [2.75, 3.05) is 10.0 Å². The molecule has 0 aliphatic heterocycles. The Balaban J connectivity index is 1.45. The van der Waals surface area contributed by atoms with Gasteiger partial charge >= 0.3 is 0 Å². The Morgan fingerprint density at radius 3 is 2.00 bits per heavy atom. The first-order valence-corrected chi connectivity index (χ1v) is 12.2. The van der Waals surface area contributed by atoms with Gasteiger partial charge in [0.05, 0.1) is 4.90 Å². The minimum Gasteiger partial charge on any atom is -0.326 e. The molecular weight excluding hydrogens is 448 g/mol. The molecule has 0 atom stereocenters. The monoisotopic (exact) mass is 472 g/mol. The van der Waals surface area contributed by atoms with E-state index >= 15 is 0 Å². The number of nitrogens with one attached hydrogen (secondary N) is 2. The number of benzene rings is 3. The predicted octanol–water partition coefficient (Wildman–Crippen LogP) is 4.75. The first-order chi connectivity index (χ1) is 16.4. The van der Waals surface area contributed by atoms with E-state index in [0.29, 0.717) is 11.4 Å². The molecule has 0 saturated heterocycles. The van der Waals surface area contributed by atoms with E-state index in [4.69, 9.17) is 0 Å². The maximum absolute atomic E-state index is 12.9. The van der Waals surface area contributed by atoms with Gasteiger partial charge in [-0.25, -0.2) is 23.1 Å². The summed E-state index contributed by atoms with van der Waals surface area (Å²) in [6.45, 7) is 1.75. The molecular formula is C26H24N4O3S. The summed E-state index contributed by atoms with van der Waals surface area (Å²) in [6, 6.07) is 27.4. The maximum Gasteiger partial charge on any atom is 0.264 e. The Bertz CT molecular complexity index is 1320. The Hall–Kier alpha value is -4.04. The third-order valence-corrected chi connectivity index (χ3v) is 6.61. The summed E-state index contributed by atoms with van der Waals surface area (Å²) in [5, 5.41) is 2.87. The van der Waals surface area contributed by atoms with Gasteiger partial charge in [0.1, 0.15) is 0 Å². The zero-order valence-electron chi connectivity index (χ0n) is 18.5. The van der Waals surface area contributed by atoms with Crippen LogP contribution in [-0.4, -0.2) is 24.3 Å². The molecule has 4 aromatic rings. The zero-order chi connectivity index (χ0) is 24.0. The van der Waals surface area contributed by atoms with Crippen LogP contribution in [0, 0.1) is 6.92 Å². The van der Waals surface area contributed by atoms with Crippen LogP contribution in [0.3, 0.4) is 0 Å². The Morgan fingerprint density at radius 1 is 0.853 bits per heavy atom. The van der Waals surface area contributed by atoms with E-state index in [9.17, 15) is 13.2 Å². The molecule has 7 nitrogen and oxygen atoms in total. The molecule has 2 N–H and O–H groups in total. The lowest BCUT2D eigenvalue weighted by atomic mass is 9.88. The zero-order valence-corrected chi connectivity index (χ0v) is 19.4. The number of anilines is 2. The van der Waals surface area contributed by atoms with Gasteiger partial charge in [-0.05, 0) is 48.4 Å². The highest BCUT2D eigenvalue weighted by atomic mass is 32.2. The highest BCUT2D eigenvalue weighted by molar-refractivity contribution is 7.92. The molecule has 0 spiro atoms. The van der Waals surface area contributed by atoms with E-state index in [1.165, 1.54) is 18.3 Å². The SMILES string of the molecule is Cc1ccnc(NS(=O)(=O)c2ccc(NC(=O)CC(c3ccccc3)c3ccccc3)cc2)n1. The van der Waals surface area contributed by atoms with Crippen molar-refractivity contribution in [3.63, 3.8) is 0 Å². The predicted molar refractivity (Wildman–Crippen MR) is 132 cm³/mol. The van der Waals surface area contributed by atoms with Crippen LogP contribution >= 0.6 is 0 Å². The Morgan fingerprint density at radius 2 is 1.44 bits per heavy atom. The number of hydrogen-bond donors (Lipinski definition) is 2. The molecule has 1 amide bonds. The Labute approximate surface area is 199 Å². The minimum atomic E-state index is -3.85. The molecule has 0 aliphatic carbocycles. The largest absolute Gasteiger partial charge is 0.326 e. The number of sulfonamides is 1. The number of carbonyl (C=O) groups excluding carboxylic acids is 1. The van der Waals surface area contributed by atoms with Crippen LogP contribution in [0.5, 0.6) is 0 Å². The van der Waals surface area contributed by atoms with Crippen LogP contribution < -0.4 is 10.0 Å². The summed E-state index contributed by atoms with van der Waals surface area (Å²) in [5.41, 5.74) is 3.26. The molecule has 0 unspecified atom stereocenters. The van der Waals surface area contributed by atoms with Crippen molar-refractivity contribution in [3.8, 4) is 0 Å². The van der Waals surface area contributed by atoms with Crippen molar-refractivity contribution in [3.05, 3.63) is 114 Å². The van der Waals surface area contributed by atoms with Crippen LogP contribution in [0.1, 0.15) is 29.2 Å². The summed E-state index contributed by atoms with van der Waals surface area (Å²) in [4.78, 5) is 20.9. The molecule has 8 heteroatoms. The van der Waals surface area contributed by atoms with Gasteiger partial charge in [0.25, 0.3) is 10.0 Å². The molecule has 0 fully saturated rings. The molecule has 0 saturated carbocycles. The average Bonchev–Trinajstić information content (AvgIpc) is 2.84. The summed E-state index contributed by atoms with van der Waals surface area (Å²) in [7, 11) is -3.85. The van der Waals surface area contributed by atoms with Gasteiger partial charge in [-0.2, -0.15) is 0 Å². The fourth-order valence-corrected chi connectivity index (χ4v) is 4.54. The third kappa shape index (κ3) is 5.85. The van der Waals surface area contributed by atoms with Crippen molar-refractivity contribution in [1.82, 2.24) is 9.97 Å². The average molecular weight is 473 g/mol. The van der Waals surface area contributed by atoms with E-state index < -0.39 is 10.0 Å². The fraction of sp³-hybridized carbons (Fsp3) is 0.115. The van der Waals surface area contributed by atoms with E-state index in [2.05, 4.69) is 20.0 Å². The number of aromatic nitrogens is 2. The molecule has 172 valence electrons. The van der Waals surface area contributed by atoms with Crippen LogP contribution in [0.25, 0.3) is 0 Å².